The Labute approximate surface area is 100.0 Å². The summed E-state index contributed by atoms with van der Waals surface area (Å²) in [5.74, 6) is 0.885. The highest BCUT2D eigenvalue weighted by molar-refractivity contribution is 4.76. The molecular weight excluding hydrogens is 198 g/mol. The fourth-order valence-electron chi connectivity index (χ4n) is 3.03. The van der Waals surface area contributed by atoms with E-state index in [1.807, 2.05) is 0 Å². The standard InChI is InChI=1S/C13H27N3/c1-16-9-3-4-12(11-16)10-14-8-6-13-5-2-7-15-13/h12-15H,2-11H2,1H3. The maximum atomic E-state index is 3.64. The second kappa shape index (κ2) is 6.58. The second-order valence-corrected chi connectivity index (χ2v) is 5.56. The normalized spacial score (nSPS) is 32.1. The molecule has 0 aromatic heterocycles. The molecule has 0 amide bonds. The summed E-state index contributed by atoms with van der Waals surface area (Å²) in [4.78, 5) is 2.47. The van der Waals surface area contributed by atoms with Crippen molar-refractivity contribution in [3.63, 3.8) is 0 Å². The maximum absolute atomic E-state index is 3.64. The van der Waals surface area contributed by atoms with Crippen molar-refractivity contribution in [3.8, 4) is 0 Å². The Kier molecular flexibility index (Phi) is 5.07. The lowest BCUT2D eigenvalue weighted by Gasteiger charge is -2.29. The third-order valence-corrected chi connectivity index (χ3v) is 3.99. The molecule has 3 heteroatoms. The van der Waals surface area contributed by atoms with Crippen LogP contribution in [0.4, 0.5) is 0 Å². The van der Waals surface area contributed by atoms with Crippen LogP contribution in [0.2, 0.25) is 0 Å². The SMILES string of the molecule is CN1CCCC(CNCCC2CCCN2)C1. The summed E-state index contributed by atoms with van der Waals surface area (Å²) in [5.41, 5.74) is 0. The summed E-state index contributed by atoms with van der Waals surface area (Å²) >= 11 is 0. The van der Waals surface area contributed by atoms with Crippen molar-refractivity contribution in [2.24, 2.45) is 5.92 Å². The van der Waals surface area contributed by atoms with Gasteiger partial charge in [0.15, 0.2) is 0 Å². The van der Waals surface area contributed by atoms with E-state index in [4.69, 9.17) is 0 Å². The Bertz CT molecular complexity index is 190. The van der Waals surface area contributed by atoms with Gasteiger partial charge in [0, 0.05) is 12.6 Å². The fourth-order valence-corrected chi connectivity index (χ4v) is 3.03. The molecule has 2 fully saturated rings. The van der Waals surface area contributed by atoms with Crippen LogP contribution in [0.1, 0.15) is 32.1 Å². The monoisotopic (exact) mass is 225 g/mol. The molecule has 2 N–H and O–H groups in total. The van der Waals surface area contributed by atoms with Crippen LogP contribution in [0, 0.1) is 5.92 Å². The van der Waals surface area contributed by atoms with Crippen LogP contribution < -0.4 is 10.6 Å². The summed E-state index contributed by atoms with van der Waals surface area (Å²) in [6.45, 7) is 6.23. The van der Waals surface area contributed by atoms with Gasteiger partial charge >= 0.3 is 0 Å². The van der Waals surface area contributed by atoms with E-state index >= 15 is 0 Å². The molecule has 0 bridgehead atoms. The Hall–Kier alpha value is -0.120. The molecule has 2 aliphatic heterocycles. The van der Waals surface area contributed by atoms with Crippen LogP contribution in [0.3, 0.4) is 0 Å². The summed E-state index contributed by atoms with van der Waals surface area (Å²) < 4.78 is 0. The number of rotatable bonds is 5. The van der Waals surface area contributed by atoms with Gasteiger partial charge < -0.3 is 15.5 Å². The van der Waals surface area contributed by atoms with Gasteiger partial charge in [0.2, 0.25) is 0 Å². The van der Waals surface area contributed by atoms with Crippen molar-refractivity contribution in [2.75, 3.05) is 39.8 Å². The lowest BCUT2D eigenvalue weighted by molar-refractivity contribution is 0.206. The van der Waals surface area contributed by atoms with E-state index in [1.54, 1.807) is 0 Å². The molecular formula is C13H27N3. The van der Waals surface area contributed by atoms with Gasteiger partial charge in [-0.15, -0.1) is 0 Å². The Morgan fingerprint density at radius 1 is 1.31 bits per heavy atom. The van der Waals surface area contributed by atoms with Crippen molar-refractivity contribution in [1.82, 2.24) is 15.5 Å². The van der Waals surface area contributed by atoms with Gasteiger partial charge in [-0.1, -0.05) is 0 Å². The van der Waals surface area contributed by atoms with Crippen molar-refractivity contribution >= 4 is 0 Å². The Balaban J connectivity index is 1.50. The summed E-state index contributed by atoms with van der Waals surface area (Å²) in [5, 5.41) is 7.19. The molecule has 2 aliphatic rings. The van der Waals surface area contributed by atoms with Gasteiger partial charge in [-0.3, -0.25) is 0 Å². The number of likely N-dealkylation sites (tertiary alicyclic amines) is 1. The van der Waals surface area contributed by atoms with Crippen LogP contribution >= 0.6 is 0 Å². The second-order valence-electron chi connectivity index (χ2n) is 5.56. The third-order valence-electron chi connectivity index (χ3n) is 3.99. The lowest BCUT2D eigenvalue weighted by atomic mass is 9.98. The van der Waals surface area contributed by atoms with Gasteiger partial charge in [-0.25, -0.2) is 0 Å². The zero-order valence-corrected chi connectivity index (χ0v) is 10.7. The molecule has 2 heterocycles. The predicted octanol–water partition coefficient (Wildman–Crippen LogP) is 1.06. The highest BCUT2D eigenvalue weighted by atomic mass is 15.1. The summed E-state index contributed by atoms with van der Waals surface area (Å²) in [6, 6.07) is 0.793. The van der Waals surface area contributed by atoms with Crippen LogP contribution in [-0.4, -0.2) is 50.7 Å². The Morgan fingerprint density at radius 2 is 2.25 bits per heavy atom. The number of nitrogens with zero attached hydrogens (tertiary/aromatic N) is 1. The average Bonchev–Trinajstić information content (AvgIpc) is 2.77. The van der Waals surface area contributed by atoms with Gasteiger partial charge in [0.1, 0.15) is 0 Å². The molecule has 0 aromatic rings. The van der Waals surface area contributed by atoms with E-state index in [0.29, 0.717) is 0 Å². The summed E-state index contributed by atoms with van der Waals surface area (Å²) in [6.07, 6.45) is 6.86. The number of nitrogens with one attached hydrogen (secondary N) is 2. The van der Waals surface area contributed by atoms with Crippen LogP contribution in [0.25, 0.3) is 0 Å². The maximum Gasteiger partial charge on any atom is 0.00796 e. The average molecular weight is 225 g/mol. The van der Waals surface area contributed by atoms with E-state index in [1.165, 1.54) is 64.8 Å². The third kappa shape index (κ3) is 4.04. The van der Waals surface area contributed by atoms with Crippen molar-refractivity contribution in [1.29, 1.82) is 0 Å². The molecule has 0 aromatic carbocycles. The van der Waals surface area contributed by atoms with Gasteiger partial charge in [-0.2, -0.15) is 0 Å². The first kappa shape index (κ1) is 12.3. The van der Waals surface area contributed by atoms with Crippen molar-refractivity contribution < 1.29 is 0 Å². The zero-order valence-electron chi connectivity index (χ0n) is 10.7. The molecule has 2 saturated heterocycles. The van der Waals surface area contributed by atoms with E-state index < -0.39 is 0 Å². The molecule has 94 valence electrons. The van der Waals surface area contributed by atoms with Crippen LogP contribution in [-0.2, 0) is 0 Å². The minimum Gasteiger partial charge on any atom is -0.316 e. The van der Waals surface area contributed by atoms with Gasteiger partial charge in [0.05, 0.1) is 0 Å². The number of piperidine rings is 1. The van der Waals surface area contributed by atoms with Crippen LogP contribution in [0.5, 0.6) is 0 Å². The highest BCUT2D eigenvalue weighted by Crippen LogP contribution is 2.14. The van der Waals surface area contributed by atoms with Gasteiger partial charge in [0.25, 0.3) is 0 Å². The minimum absolute atomic E-state index is 0.793. The van der Waals surface area contributed by atoms with Crippen molar-refractivity contribution in [2.45, 2.75) is 38.1 Å². The quantitative estimate of drug-likeness (QED) is 0.685. The predicted molar refractivity (Wildman–Crippen MR) is 68.7 cm³/mol. The van der Waals surface area contributed by atoms with Gasteiger partial charge in [-0.05, 0) is 71.2 Å². The molecule has 0 aliphatic carbocycles. The lowest BCUT2D eigenvalue weighted by Crippen LogP contribution is -2.38. The molecule has 0 radical (unpaired) electrons. The zero-order chi connectivity index (χ0) is 11.2. The molecule has 2 atom stereocenters. The number of hydrogen-bond donors (Lipinski definition) is 2. The molecule has 2 rings (SSSR count). The molecule has 16 heavy (non-hydrogen) atoms. The molecule has 2 unspecified atom stereocenters. The first-order valence-corrected chi connectivity index (χ1v) is 6.97. The van der Waals surface area contributed by atoms with E-state index in [0.717, 1.165) is 12.0 Å². The number of hydrogen-bond acceptors (Lipinski definition) is 3. The fraction of sp³-hybridized carbons (Fsp3) is 1.00. The Morgan fingerprint density at radius 3 is 3.00 bits per heavy atom. The minimum atomic E-state index is 0.793. The van der Waals surface area contributed by atoms with E-state index in [2.05, 4.69) is 22.6 Å². The molecule has 3 nitrogen and oxygen atoms in total. The smallest absolute Gasteiger partial charge is 0.00796 e. The first-order chi connectivity index (χ1) is 7.84. The van der Waals surface area contributed by atoms with Crippen LogP contribution in [0.15, 0.2) is 0 Å². The molecule has 0 spiro atoms. The van der Waals surface area contributed by atoms with Crippen molar-refractivity contribution in [3.05, 3.63) is 0 Å². The van der Waals surface area contributed by atoms with E-state index in [-0.39, 0.29) is 0 Å². The topological polar surface area (TPSA) is 27.3 Å². The molecule has 0 saturated carbocycles. The highest BCUT2D eigenvalue weighted by Gasteiger charge is 2.17. The van der Waals surface area contributed by atoms with E-state index in [9.17, 15) is 0 Å². The summed E-state index contributed by atoms with van der Waals surface area (Å²) in [7, 11) is 2.24. The largest absolute Gasteiger partial charge is 0.316 e. The first-order valence-electron chi connectivity index (χ1n) is 6.97.